The summed E-state index contributed by atoms with van der Waals surface area (Å²) in [5.41, 5.74) is 0.660. The molecule has 4 nitrogen and oxygen atoms in total. The largest absolute Gasteiger partial charge is 0.305 e. The molecule has 1 saturated heterocycles. The van der Waals surface area contributed by atoms with E-state index in [2.05, 4.69) is 12.2 Å². The fraction of sp³-hybridized carbons (Fsp3) is 0.429. The van der Waals surface area contributed by atoms with Crippen molar-refractivity contribution in [1.82, 2.24) is 5.32 Å². The van der Waals surface area contributed by atoms with E-state index in [0.717, 1.165) is 19.4 Å². The SMILES string of the molecule is CCCCNC1CC(=O)N(c2ccccc2)C1=O. The first-order valence-corrected chi connectivity index (χ1v) is 6.39. The van der Waals surface area contributed by atoms with E-state index in [9.17, 15) is 9.59 Å². The number of para-hydroxylation sites is 1. The van der Waals surface area contributed by atoms with Crippen LogP contribution in [0.1, 0.15) is 26.2 Å². The second-order valence-electron chi connectivity index (χ2n) is 4.47. The Kier molecular flexibility index (Phi) is 4.10. The Morgan fingerprint density at radius 3 is 2.67 bits per heavy atom. The highest BCUT2D eigenvalue weighted by molar-refractivity contribution is 6.22. The number of benzene rings is 1. The van der Waals surface area contributed by atoms with Crippen LogP contribution in [0.15, 0.2) is 30.3 Å². The number of hydrogen-bond donors (Lipinski definition) is 1. The molecule has 0 aliphatic carbocycles. The molecule has 1 N–H and O–H groups in total. The molecular weight excluding hydrogens is 228 g/mol. The lowest BCUT2D eigenvalue weighted by molar-refractivity contribution is -0.121. The average molecular weight is 246 g/mol. The number of carbonyl (C=O) groups excluding carboxylic acids is 2. The second-order valence-corrected chi connectivity index (χ2v) is 4.47. The molecule has 18 heavy (non-hydrogen) atoms. The third-order valence-corrected chi connectivity index (χ3v) is 3.08. The third kappa shape index (κ3) is 2.59. The summed E-state index contributed by atoms with van der Waals surface area (Å²) in [6, 6.07) is 8.73. The van der Waals surface area contributed by atoms with E-state index in [1.165, 1.54) is 4.90 Å². The maximum atomic E-state index is 12.2. The van der Waals surface area contributed by atoms with Gasteiger partial charge in [-0.3, -0.25) is 9.59 Å². The van der Waals surface area contributed by atoms with Crippen LogP contribution >= 0.6 is 0 Å². The van der Waals surface area contributed by atoms with Gasteiger partial charge in [0.25, 0.3) is 5.91 Å². The van der Waals surface area contributed by atoms with Crippen LogP contribution in [0.3, 0.4) is 0 Å². The highest BCUT2D eigenvalue weighted by Crippen LogP contribution is 2.22. The van der Waals surface area contributed by atoms with Crippen LogP contribution in [0.4, 0.5) is 5.69 Å². The van der Waals surface area contributed by atoms with Gasteiger partial charge in [-0.25, -0.2) is 4.90 Å². The van der Waals surface area contributed by atoms with E-state index in [-0.39, 0.29) is 24.3 Å². The van der Waals surface area contributed by atoms with Crippen molar-refractivity contribution < 1.29 is 9.59 Å². The fourth-order valence-electron chi connectivity index (χ4n) is 2.09. The smallest absolute Gasteiger partial charge is 0.251 e. The van der Waals surface area contributed by atoms with E-state index >= 15 is 0 Å². The van der Waals surface area contributed by atoms with Crippen molar-refractivity contribution in [3.8, 4) is 0 Å². The number of unbranched alkanes of at least 4 members (excludes halogenated alkanes) is 1. The molecule has 1 atom stereocenters. The number of nitrogens with one attached hydrogen (secondary N) is 1. The lowest BCUT2D eigenvalue weighted by Crippen LogP contribution is -2.39. The summed E-state index contributed by atoms with van der Waals surface area (Å²) in [6.07, 6.45) is 2.35. The molecule has 1 aliphatic heterocycles. The van der Waals surface area contributed by atoms with Gasteiger partial charge in [0.1, 0.15) is 0 Å². The molecule has 1 heterocycles. The van der Waals surface area contributed by atoms with Crippen LogP contribution in [0.25, 0.3) is 0 Å². The number of anilines is 1. The standard InChI is InChI=1S/C14H18N2O2/c1-2-3-9-15-12-10-13(17)16(14(12)18)11-7-5-4-6-8-11/h4-8,12,15H,2-3,9-10H2,1H3. The molecule has 2 amide bonds. The van der Waals surface area contributed by atoms with Crippen LogP contribution in [0.2, 0.25) is 0 Å². The Balaban J connectivity index is 2.06. The summed E-state index contributed by atoms with van der Waals surface area (Å²) in [6.45, 7) is 2.88. The minimum atomic E-state index is -0.357. The molecule has 1 unspecified atom stereocenters. The number of hydrogen-bond acceptors (Lipinski definition) is 3. The zero-order chi connectivity index (χ0) is 13.0. The van der Waals surface area contributed by atoms with Crippen molar-refractivity contribution in [1.29, 1.82) is 0 Å². The number of nitrogens with zero attached hydrogens (tertiary/aromatic N) is 1. The number of carbonyl (C=O) groups is 2. The summed E-state index contributed by atoms with van der Waals surface area (Å²) in [5, 5.41) is 3.15. The lowest BCUT2D eigenvalue weighted by atomic mass is 10.2. The molecule has 0 aromatic heterocycles. The van der Waals surface area contributed by atoms with Crippen molar-refractivity contribution in [2.75, 3.05) is 11.4 Å². The molecule has 0 bridgehead atoms. The molecule has 1 aliphatic rings. The fourth-order valence-corrected chi connectivity index (χ4v) is 2.09. The molecule has 1 aromatic carbocycles. The second kappa shape index (κ2) is 5.78. The van der Waals surface area contributed by atoms with Gasteiger partial charge in [0.15, 0.2) is 0 Å². The maximum Gasteiger partial charge on any atom is 0.251 e. The summed E-state index contributed by atoms with van der Waals surface area (Å²) < 4.78 is 0. The lowest BCUT2D eigenvalue weighted by Gasteiger charge is -2.15. The molecule has 2 rings (SSSR count). The Hall–Kier alpha value is -1.68. The zero-order valence-electron chi connectivity index (χ0n) is 10.6. The first kappa shape index (κ1) is 12.8. The molecule has 0 spiro atoms. The topological polar surface area (TPSA) is 49.4 Å². The predicted molar refractivity (Wildman–Crippen MR) is 70.3 cm³/mol. The van der Waals surface area contributed by atoms with Crippen LogP contribution in [0, 0.1) is 0 Å². The van der Waals surface area contributed by atoms with Gasteiger partial charge >= 0.3 is 0 Å². The normalized spacial score (nSPS) is 19.6. The van der Waals surface area contributed by atoms with Crippen LogP contribution in [0.5, 0.6) is 0 Å². The van der Waals surface area contributed by atoms with E-state index in [4.69, 9.17) is 0 Å². The number of rotatable bonds is 5. The molecular formula is C14H18N2O2. The molecule has 0 saturated carbocycles. The summed E-state index contributed by atoms with van der Waals surface area (Å²) in [7, 11) is 0. The molecule has 1 aromatic rings. The van der Waals surface area contributed by atoms with Crippen molar-refractivity contribution in [2.45, 2.75) is 32.2 Å². The minimum Gasteiger partial charge on any atom is -0.305 e. The van der Waals surface area contributed by atoms with Crippen LogP contribution in [-0.2, 0) is 9.59 Å². The predicted octanol–water partition coefficient (Wildman–Crippen LogP) is 1.71. The van der Waals surface area contributed by atoms with E-state index in [0.29, 0.717) is 5.69 Å². The minimum absolute atomic E-state index is 0.125. The van der Waals surface area contributed by atoms with Gasteiger partial charge in [-0.05, 0) is 25.1 Å². The quantitative estimate of drug-likeness (QED) is 0.635. The summed E-state index contributed by atoms with van der Waals surface area (Å²) >= 11 is 0. The van der Waals surface area contributed by atoms with Gasteiger partial charge < -0.3 is 5.32 Å². The summed E-state index contributed by atoms with van der Waals surface area (Å²) in [5.74, 6) is -0.262. The van der Waals surface area contributed by atoms with Gasteiger partial charge in [-0.1, -0.05) is 31.5 Å². The molecule has 96 valence electrons. The highest BCUT2D eigenvalue weighted by Gasteiger charge is 2.38. The van der Waals surface area contributed by atoms with Gasteiger partial charge in [-0.15, -0.1) is 0 Å². The third-order valence-electron chi connectivity index (χ3n) is 3.08. The van der Waals surface area contributed by atoms with Gasteiger partial charge in [0.2, 0.25) is 5.91 Å². The van der Waals surface area contributed by atoms with E-state index < -0.39 is 0 Å². The van der Waals surface area contributed by atoms with Crippen molar-refractivity contribution in [3.05, 3.63) is 30.3 Å². The summed E-state index contributed by atoms with van der Waals surface area (Å²) in [4.78, 5) is 25.3. The highest BCUT2D eigenvalue weighted by atomic mass is 16.2. The Labute approximate surface area is 107 Å². The first-order valence-electron chi connectivity index (χ1n) is 6.39. The Morgan fingerprint density at radius 1 is 1.28 bits per heavy atom. The Morgan fingerprint density at radius 2 is 2.00 bits per heavy atom. The van der Waals surface area contributed by atoms with Gasteiger partial charge in [0.05, 0.1) is 18.2 Å². The monoisotopic (exact) mass is 246 g/mol. The molecule has 0 radical (unpaired) electrons. The number of imide groups is 1. The van der Waals surface area contributed by atoms with Gasteiger partial charge in [-0.2, -0.15) is 0 Å². The van der Waals surface area contributed by atoms with Crippen LogP contribution < -0.4 is 10.2 Å². The molecule has 4 heteroatoms. The molecule has 1 fully saturated rings. The van der Waals surface area contributed by atoms with Crippen molar-refractivity contribution in [2.24, 2.45) is 0 Å². The number of amides is 2. The first-order chi connectivity index (χ1) is 8.74. The van der Waals surface area contributed by atoms with E-state index in [1.807, 2.05) is 18.2 Å². The van der Waals surface area contributed by atoms with Crippen molar-refractivity contribution >= 4 is 17.5 Å². The van der Waals surface area contributed by atoms with Crippen molar-refractivity contribution in [3.63, 3.8) is 0 Å². The maximum absolute atomic E-state index is 12.2. The zero-order valence-corrected chi connectivity index (χ0v) is 10.6. The average Bonchev–Trinajstić information content (AvgIpc) is 2.66. The van der Waals surface area contributed by atoms with Gasteiger partial charge in [0, 0.05) is 0 Å². The van der Waals surface area contributed by atoms with Crippen LogP contribution in [-0.4, -0.2) is 24.4 Å². The van der Waals surface area contributed by atoms with E-state index in [1.54, 1.807) is 12.1 Å². The Bertz CT molecular complexity index is 431.